The summed E-state index contributed by atoms with van der Waals surface area (Å²) < 4.78 is 39.6. The molecule has 14 heteroatoms. The minimum atomic E-state index is -4.28. The van der Waals surface area contributed by atoms with E-state index in [1.807, 2.05) is 0 Å². The van der Waals surface area contributed by atoms with Crippen LogP contribution in [0.2, 0.25) is 0 Å². The standard InChI is InChI=1S/C20H31N2O11P/c1-5-30-19(26)11(2)22-34(28,33-14-8-6-13(29-4)7-9-14)31-10-15-17(24)18(25)16(20(27)32-15)21-12(3)23/h6-9,11,15-18,20,24-25,27H,5,10H2,1-4H3,(H,21,23)(H,22,28)/t11-,15+,16+,17+,18+,20?,34?/m0/s1. The molecule has 1 aliphatic rings. The molecule has 1 saturated heterocycles. The first-order valence-electron chi connectivity index (χ1n) is 10.5. The Morgan fingerprint density at radius 2 is 1.76 bits per heavy atom. The largest absolute Gasteiger partial charge is 0.497 e. The molecule has 0 spiro atoms. The van der Waals surface area contributed by atoms with Gasteiger partial charge in [0.2, 0.25) is 5.91 Å². The highest BCUT2D eigenvalue weighted by Crippen LogP contribution is 2.45. The van der Waals surface area contributed by atoms with Crippen LogP contribution >= 0.6 is 7.75 Å². The first kappa shape index (κ1) is 28.0. The molecule has 1 aliphatic heterocycles. The number of esters is 1. The van der Waals surface area contributed by atoms with E-state index in [0.29, 0.717) is 5.75 Å². The maximum Gasteiger partial charge on any atom is 0.459 e. The van der Waals surface area contributed by atoms with Crippen molar-refractivity contribution in [2.45, 2.75) is 57.5 Å². The molecule has 34 heavy (non-hydrogen) atoms. The van der Waals surface area contributed by atoms with Crippen LogP contribution in [-0.4, -0.2) is 84.2 Å². The minimum Gasteiger partial charge on any atom is -0.497 e. The van der Waals surface area contributed by atoms with E-state index in [0.717, 1.165) is 0 Å². The Balaban J connectivity index is 2.16. The van der Waals surface area contributed by atoms with Crippen molar-refractivity contribution in [3.8, 4) is 11.5 Å². The van der Waals surface area contributed by atoms with Gasteiger partial charge in [0.15, 0.2) is 6.29 Å². The van der Waals surface area contributed by atoms with Crippen molar-refractivity contribution in [2.24, 2.45) is 0 Å². The predicted molar refractivity (Wildman–Crippen MR) is 117 cm³/mol. The fourth-order valence-electron chi connectivity index (χ4n) is 3.07. The van der Waals surface area contributed by atoms with Crippen molar-refractivity contribution >= 4 is 19.6 Å². The molecule has 13 nitrogen and oxygen atoms in total. The number of methoxy groups -OCH3 is 1. The number of hydrogen-bond acceptors (Lipinski definition) is 11. The number of hydrogen-bond donors (Lipinski definition) is 5. The zero-order valence-electron chi connectivity index (χ0n) is 19.2. The molecule has 1 amide bonds. The zero-order valence-corrected chi connectivity index (χ0v) is 20.1. The topological polar surface area (TPSA) is 182 Å². The van der Waals surface area contributed by atoms with Gasteiger partial charge in [0.05, 0.1) is 20.3 Å². The molecule has 0 bridgehead atoms. The molecule has 1 fully saturated rings. The third kappa shape index (κ3) is 7.64. The molecular formula is C20H31N2O11P. The lowest BCUT2D eigenvalue weighted by Crippen LogP contribution is -2.64. The lowest BCUT2D eigenvalue weighted by Gasteiger charge is -2.40. The molecule has 0 radical (unpaired) electrons. The third-order valence-corrected chi connectivity index (χ3v) is 6.42. The van der Waals surface area contributed by atoms with E-state index in [1.54, 1.807) is 19.1 Å². The molecule has 0 saturated carbocycles. The van der Waals surface area contributed by atoms with E-state index in [9.17, 15) is 29.5 Å². The second-order valence-electron chi connectivity index (χ2n) is 7.44. The van der Waals surface area contributed by atoms with Gasteiger partial charge >= 0.3 is 13.7 Å². The first-order chi connectivity index (χ1) is 16.0. The highest BCUT2D eigenvalue weighted by atomic mass is 31.2. The SMILES string of the molecule is CCOC(=O)[C@H](C)NP(=O)(OC[C@H]1OC(O)[C@H](NC(C)=O)[C@@H](O)[C@@H]1O)Oc1ccc(OC)cc1. The van der Waals surface area contributed by atoms with E-state index in [2.05, 4.69) is 10.4 Å². The Morgan fingerprint density at radius 1 is 1.15 bits per heavy atom. The van der Waals surface area contributed by atoms with Crippen molar-refractivity contribution in [3.05, 3.63) is 24.3 Å². The molecule has 0 aliphatic carbocycles. The second kappa shape index (κ2) is 12.5. The van der Waals surface area contributed by atoms with Crippen LogP contribution < -0.4 is 19.7 Å². The molecule has 192 valence electrons. The summed E-state index contributed by atoms with van der Waals surface area (Å²) in [5.74, 6) is -0.624. The van der Waals surface area contributed by atoms with Gasteiger partial charge < -0.3 is 39.4 Å². The summed E-state index contributed by atoms with van der Waals surface area (Å²) in [4.78, 5) is 23.3. The molecule has 2 unspecified atom stereocenters. The molecule has 1 heterocycles. The van der Waals surface area contributed by atoms with Crippen LogP contribution in [0.4, 0.5) is 0 Å². The van der Waals surface area contributed by atoms with Crippen LogP contribution in [0.5, 0.6) is 11.5 Å². The van der Waals surface area contributed by atoms with Gasteiger partial charge in [-0.25, -0.2) is 4.57 Å². The lowest BCUT2D eigenvalue weighted by atomic mass is 9.97. The summed E-state index contributed by atoms with van der Waals surface area (Å²) in [7, 11) is -2.81. The van der Waals surface area contributed by atoms with Crippen molar-refractivity contribution < 1.29 is 52.7 Å². The normalized spacial score (nSPS) is 27.2. The van der Waals surface area contributed by atoms with Gasteiger partial charge in [-0.15, -0.1) is 0 Å². The zero-order chi connectivity index (χ0) is 25.5. The Labute approximate surface area is 196 Å². The van der Waals surface area contributed by atoms with Crippen molar-refractivity contribution in [3.63, 3.8) is 0 Å². The fourth-order valence-corrected chi connectivity index (χ4v) is 4.57. The van der Waals surface area contributed by atoms with Gasteiger partial charge in [0.1, 0.15) is 41.9 Å². The maximum atomic E-state index is 13.5. The summed E-state index contributed by atoms with van der Waals surface area (Å²) in [6.07, 6.45) is -6.24. The Bertz CT molecular complexity index is 869. The van der Waals surface area contributed by atoms with Gasteiger partial charge in [-0.1, -0.05) is 0 Å². The third-order valence-electron chi connectivity index (χ3n) is 4.78. The smallest absolute Gasteiger partial charge is 0.459 e. The molecule has 5 N–H and O–H groups in total. The van der Waals surface area contributed by atoms with Gasteiger partial charge in [0.25, 0.3) is 0 Å². The van der Waals surface area contributed by atoms with Gasteiger partial charge in [-0.3, -0.25) is 14.1 Å². The number of rotatable bonds is 11. The van der Waals surface area contributed by atoms with E-state index >= 15 is 0 Å². The Kier molecular flexibility index (Phi) is 10.3. The van der Waals surface area contributed by atoms with Crippen LogP contribution in [0, 0.1) is 0 Å². The monoisotopic (exact) mass is 506 g/mol. The van der Waals surface area contributed by atoms with E-state index in [1.165, 1.54) is 33.1 Å². The van der Waals surface area contributed by atoms with Gasteiger partial charge in [-0.2, -0.15) is 5.09 Å². The molecule has 2 rings (SSSR count). The summed E-state index contributed by atoms with van der Waals surface area (Å²) in [6, 6.07) is 3.65. The van der Waals surface area contributed by atoms with Crippen LogP contribution in [0.3, 0.4) is 0 Å². The average molecular weight is 506 g/mol. The average Bonchev–Trinajstić information content (AvgIpc) is 2.78. The number of aliphatic hydroxyl groups is 3. The van der Waals surface area contributed by atoms with E-state index < -0.39 is 62.9 Å². The lowest BCUT2D eigenvalue weighted by molar-refractivity contribution is -0.252. The molecule has 7 atom stereocenters. The van der Waals surface area contributed by atoms with Crippen LogP contribution in [0.25, 0.3) is 0 Å². The molecule has 1 aromatic rings. The molecular weight excluding hydrogens is 475 g/mol. The summed E-state index contributed by atoms with van der Waals surface area (Å²) in [6.45, 7) is 3.66. The summed E-state index contributed by atoms with van der Waals surface area (Å²) in [5.41, 5.74) is 0. The highest BCUT2D eigenvalue weighted by Gasteiger charge is 2.45. The Hall–Kier alpha value is -2.25. The number of aliphatic hydroxyl groups excluding tert-OH is 3. The number of carbonyl (C=O) groups is 2. The van der Waals surface area contributed by atoms with Crippen molar-refractivity contribution in [1.29, 1.82) is 0 Å². The van der Waals surface area contributed by atoms with E-state index in [4.69, 9.17) is 23.3 Å². The molecule has 0 aromatic heterocycles. The number of amides is 1. The van der Waals surface area contributed by atoms with E-state index in [-0.39, 0.29) is 12.4 Å². The van der Waals surface area contributed by atoms with Gasteiger partial charge in [-0.05, 0) is 38.1 Å². The predicted octanol–water partition coefficient (Wildman–Crippen LogP) is -0.316. The Morgan fingerprint density at radius 3 is 2.32 bits per heavy atom. The van der Waals surface area contributed by atoms with Crippen LogP contribution in [0.1, 0.15) is 20.8 Å². The second-order valence-corrected chi connectivity index (χ2v) is 9.13. The number of ether oxygens (including phenoxy) is 3. The fraction of sp³-hybridized carbons (Fsp3) is 0.600. The van der Waals surface area contributed by atoms with Crippen LogP contribution in [-0.2, 0) is 28.2 Å². The maximum absolute atomic E-state index is 13.5. The number of carbonyl (C=O) groups excluding carboxylic acids is 2. The highest BCUT2D eigenvalue weighted by molar-refractivity contribution is 7.52. The summed E-state index contributed by atoms with van der Waals surface area (Å²) >= 11 is 0. The van der Waals surface area contributed by atoms with Crippen molar-refractivity contribution in [2.75, 3.05) is 20.3 Å². The van der Waals surface area contributed by atoms with Crippen molar-refractivity contribution in [1.82, 2.24) is 10.4 Å². The first-order valence-corrected chi connectivity index (χ1v) is 12.0. The van der Waals surface area contributed by atoms with Crippen LogP contribution in [0.15, 0.2) is 24.3 Å². The van der Waals surface area contributed by atoms with Gasteiger partial charge in [0, 0.05) is 6.92 Å². The summed E-state index contributed by atoms with van der Waals surface area (Å²) in [5, 5.41) is 35.5. The quantitative estimate of drug-likeness (QED) is 0.195. The molecule has 1 aromatic carbocycles. The number of benzene rings is 1. The number of nitrogens with one attached hydrogen (secondary N) is 2. The minimum absolute atomic E-state index is 0.0999.